The van der Waals surface area contributed by atoms with E-state index in [0.717, 1.165) is 23.4 Å². The Hall–Kier alpha value is -1.39. The number of benzene rings is 1. The van der Waals surface area contributed by atoms with Crippen molar-refractivity contribution in [2.45, 2.75) is 64.4 Å². The molecule has 2 aromatic rings. The average Bonchev–Trinajstić information content (AvgIpc) is 2.72. The maximum atomic E-state index is 11.0. The van der Waals surface area contributed by atoms with E-state index < -0.39 is 5.60 Å². The Bertz CT molecular complexity index is 625. The third kappa shape index (κ3) is 2.83. The maximum absolute atomic E-state index is 11.0. The molecule has 21 heavy (non-hydrogen) atoms. The fraction of sp³-hybridized carbons (Fsp3) is 0.588. The minimum atomic E-state index is -0.717. The van der Waals surface area contributed by atoms with Gasteiger partial charge in [-0.15, -0.1) is 0 Å². The number of nitrogens with zero attached hydrogens (tertiary/aromatic N) is 2. The molecule has 1 fully saturated rings. The van der Waals surface area contributed by atoms with Crippen LogP contribution in [0.4, 0.5) is 0 Å². The van der Waals surface area contributed by atoms with Gasteiger partial charge in [0.15, 0.2) is 0 Å². The summed E-state index contributed by atoms with van der Waals surface area (Å²) in [6, 6.07) is 8.17. The van der Waals surface area contributed by atoms with Gasteiger partial charge in [0.1, 0.15) is 5.82 Å². The van der Waals surface area contributed by atoms with Crippen molar-refractivity contribution in [3.05, 3.63) is 30.1 Å². The van der Waals surface area contributed by atoms with E-state index in [-0.39, 0.29) is 12.2 Å². The van der Waals surface area contributed by atoms with E-state index in [4.69, 9.17) is 9.72 Å². The molecule has 3 rings (SSSR count). The summed E-state index contributed by atoms with van der Waals surface area (Å²) in [6.45, 7) is 7.05. The van der Waals surface area contributed by atoms with Crippen molar-refractivity contribution in [1.29, 1.82) is 0 Å². The van der Waals surface area contributed by atoms with Crippen LogP contribution in [0.25, 0.3) is 11.0 Å². The van der Waals surface area contributed by atoms with E-state index in [1.165, 1.54) is 0 Å². The molecule has 2 atom stereocenters. The zero-order chi connectivity index (χ0) is 15.0. The summed E-state index contributed by atoms with van der Waals surface area (Å²) in [5, 5.41) is 11.0. The highest BCUT2D eigenvalue weighted by atomic mass is 16.5. The monoisotopic (exact) mass is 288 g/mol. The molecule has 0 spiro atoms. The van der Waals surface area contributed by atoms with Gasteiger partial charge in [-0.25, -0.2) is 4.98 Å². The lowest BCUT2D eigenvalue weighted by atomic mass is 9.84. The third-order valence-corrected chi connectivity index (χ3v) is 4.34. The maximum Gasteiger partial charge on any atom is 0.112 e. The van der Waals surface area contributed by atoms with Crippen LogP contribution >= 0.6 is 0 Å². The van der Waals surface area contributed by atoms with E-state index in [9.17, 15) is 5.11 Å². The molecule has 0 saturated carbocycles. The smallest absolute Gasteiger partial charge is 0.112 e. The fourth-order valence-corrected chi connectivity index (χ4v) is 3.70. The van der Waals surface area contributed by atoms with Gasteiger partial charge in [0.2, 0.25) is 0 Å². The first-order valence-corrected chi connectivity index (χ1v) is 7.83. The minimum absolute atomic E-state index is 0.0956. The van der Waals surface area contributed by atoms with Crippen LogP contribution in [0.1, 0.15) is 39.4 Å². The standard InChI is InChI=1S/C17H24N2O2/c1-4-19-15-8-6-5-7-14(15)18-16(19)11-17(20)9-12(2)21-13(3)10-17/h5-8,12-13,20H,4,9-11H2,1-3H3. The lowest BCUT2D eigenvalue weighted by molar-refractivity contribution is -0.131. The lowest BCUT2D eigenvalue weighted by Crippen LogP contribution is -2.45. The summed E-state index contributed by atoms with van der Waals surface area (Å²) in [5.74, 6) is 0.975. The number of imidazole rings is 1. The van der Waals surface area contributed by atoms with Gasteiger partial charge in [-0.1, -0.05) is 12.1 Å². The minimum Gasteiger partial charge on any atom is -0.389 e. The first-order chi connectivity index (χ1) is 10.0. The molecule has 1 aromatic heterocycles. The number of hydrogen-bond acceptors (Lipinski definition) is 3. The summed E-state index contributed by atoms with van der Waals surface area (Å²) in [6.07, 6.45) is 2.12. The largest absolute Gasteiger partial charge is 0.389 e. The predicted octanol–water partition coefficient (Wildman–Crippen LogP) is 2.92. The topological polar surface area (TPSA) is 47.3 Å². The first-order valence-electron chi connectivity index (χ1n) is 7.83. The molecule has 4 heteroatoms. The Morgan fingerprint density at radius 3 is 2.62 bits per heavy atom. The number of aliphatic hydroxyl groups is 1. The molecule has 1 N–H and O–H groups in total. The van der Waals surface area contributed by atoms with Gasteiger partial charge in [-0.3, -0.25) is 0 Å². The van der Waals surface area contributed by atoms with Crippen molar-refractivity contribution in [1.82, 2.24) is 9.55 Å². The molecule has 2 heterocycles. The average molecular weight is 288 g/mol. The number of aryl methyl sites for hydroxylation is 1. The van der Waals surface area contributed by atoms with Crippen molar-refractivity contribution >= 4 is 11.0 Å². The summed E-state index contributed by atoms with van der Waals surface area (Å²) in [4.78, 5) is 4.74. The van der Waals surface area contributed by atoms with Crippen molar-refractivity contribution in [2.75, 3.05) is 0 Å². The summed E-state index contributed by atoms with van der Waals surface area (Å²) < 4.78 is 7.95. The number of fused-ring (bicyclic) bond motifs is 1. The molecule has 4 nitrogen and oxygen atoms in total. The van der Waals surface area contributed by atoms with E-state index in [1.54, 1.807) is 0 Å². The van der Waals surface area contributed by atoms with Crippen molar-refractivity contribution in [2.24, 2.45) is 0 Å². The normalized spacial score (nSPS) is 29.9. The Labute approximate surface area is 125 Å². The van der Waals surface area contributed by atoms with E-state index in [2.05, 4.69) is 17.6 Å². The molecule has 0 amide bonds. The Kier molecular flexibility index (Phi) is 3.76. The van der Waals surface area contributed by atoms with Crippen LogP contribution < -0.4 is 0 Å². The highest BCUT2D eigenvalue weighted by Gasteiger charge is 2.38. The van der Waals surface area contributed by atoms with E-state index in [0.29, 0.717) is 19.3 Å². The molecular weight excluding hydrogens is 264 g/mol. The highest BCUT2D eigenvalue weighted by Crippen LogP contribution is 2.32. The SMILES string of the molecule is CCn1c(CC2(O)CC(C)OC(C)C2)nc2ccccc21. The highest BCUT2D eigenvalue weighted by molar-refractivity contribution is 5.75. The number of hydrogen-bond donors (Lipinski definition) is 1. The lowest BCUT2D eigenvalue weighted by Gasteiger charge is -2.39. The fourth-order valence-electron chi connectivity index (χ4n) is 3.70. The molecule has 0 aliphatic carbocycles. The summed E-state index contributed by atoms with van der Waals surface area (Å²) in [7, 11) is 0. The van der Waals surface area contributed by atoms with Gasteiger partial charge in [0.05, 0.1) is 28.8 Å². The summed E-state index contributed by atoms with van der Waals surface area (Å²) >= 11 is 0. The number of rotatable bonds is 3. The second kappa shape index (κ2) is 5.43. The summed E-state index contributed by atoms with van der Waals surface area (Å²) in [5.41, 5.74) is 1.43. The molecule has 0 radical (unpaired) electrons. The van der Waals surface area contributed by atoms with Crippen LogP contribution in [0.15, 0.2) is 24.3 Å². The van der Waals surface area contributed by atoms with E-state index >= 15 is 0 Å². The van der Waals surface area contributed by atoms with Gasteiger partial charge < -0.3 is 14.4 Å². The second-order valence-electron chi connectivity index (χ2n) is 6.33. The van der Waals surface area contributed by atoms with Crippen LogP contribution in [0, 0.1) is 0 Å². The van der Waals surface area contributed by atoms with Gasteiger partial charge in [-0.05, 0) is 32.9 Å². The predicted molar refractivity (Wildman–Crippen MR) is 83.3 cm³/mol. The van der Waals surface area contributed by atoms with Crippen LogP contribution in [-0.4, -0.2) is 32.5 Å². The molecule has 1 aliphatic rings. The van der Waals surface area contributed by atoms with Crippen LogP contribution in [0.3, 0.4) is 0 Å². The van der Waals surface area contributed by atoms with Gasteiger partial charge in [-0.2, -0.15) is 0 Å². The third-order valence-electron chi connectivity index (χ3n) is 4.34. The molecule has 1 aromatic carbocycles. The Morgan fingerprint density at radius 1 is 1.29 bits per heavy atom. The van der Waals surface area contributed by atoms with Gasteiger partial charge >= 0.3 is 0 Å². The Balaban J connectivity index is 1.93. The zero-order valence-electron chi connectivity index (χ0n) is 13.0. The van der Waals surface area contributed by atoms with Crippen LogP contribution in [-0.2, 0) is 17.7 Å². The Morgan fingerprint density at radius 2 is 1.95 bits per heavy atom. The van der Waals surface area contributed by atoms with Crippen molar-refractivity contribution in [3.63, 3.8) is 0 Å². The molecule has 1 aliphatic heterocycles. The molecule has 1 saturated heterocycles. The quantitative estimate of drug-likeness (QED) is 0.944. The van der Waals surface area contributed by atoms with Gasteiger partial charge in [0.25, 0.3) is 0 Å². The van der Waals surface area contributed by atoms with Crippen LogP contribution in [0.5, 0.6) is 0 Å². The molecular formula is C17H24N2O2. The first kappa shape index (κ1) is 14.5. The number of ether oxygens (including phenoxy) is 1. The van der Waals surface area contributed by atoms with Crippen molar-refractivity contribution in [3.8, 4) is 0 Å². The van der Waals surface area contributed by atoms with E-state index in [1.807, 2.05) is 32.0 Å². The number of aromatic nitrogens is 2. The van der Waals surface area contributed by atoms with Gasteiger partial charge in [0, 0.05) is 25.8 Å². The molecule has 114 valence electrons. The number of para-hydroxylation sites is 2. The van der Waals surface area contributed by atoms with Crippen molar-refractivity contribution < 1.29 is 9.84 Å². The van der Waals surface area contributed by atoms with Crippen LogP contribution in [0.2, 0.25) is 0 Å². The zero-order valence-corrected chi connectivity index (χ0v) is 13.0. The second-order valence-corrected chi connectivity index (χ2v) is 6.33. The molecule has 2 unspecified atom stereocenters. The molecule has 0 bridgehead atoms.